The summed E-state index contributed by atoms with van der Waals surface area (Å²) in [5, 5.41) is 7.03. The number of nitrogens with zero attached hydrogens (tertiary/aromatic N) is 3. The van der Waals surface area contributed by atoms with Crippen LogP contribution in [0.15, 0.2) is 168 Å². The van der Waals surface area contributed by atoms with Crippen molar-refractivity contribution in [2.24, 2.45) is 0 Å². The van der Waals surface area contributed by atoms with Gasteiger partial charge in [-0.2, -0.15) is 0 Å². The number of hydrogen-bond donors (Lipinski definition) is 0. The van der Waals surface area contributed by atoms with Crippen LogP contribution in [0, 0.1) is 0 Å². The minimum atomic E-state index is 0.898. The molecule has 49 heavy (non-hydrogen) atoms. The number of anilines is 3. The van der Waals surface area contributed by atoms with Crippen LogP contribution in [0.25, 0.3) is 82.7 Å². The van der Waals surface area contributed by atoms with E-state index < -0.39 is 0 Å². The minimum absolute atomic E-state index is 0.898. The zero-order chi connectivity index (χ0) is 32.1. The molecule has 4 nitrogen and oxygen atoms in total. The molecule has 0 radical (unpaired) electrons. The summed E-state index contributed by atoms with van der Waals surface area (Å²) in [5.41, 5.74) is 11.8. The van der Waals surface area contributed by atoms with Crippen LogP contribution in [-0.4, -0.2) is 9.55 Å². The lowest BCUT2D eigenvalue weighted by Crippen LogP contribution is -2.19. The molecule has 2 aromatic heterocycles. The van der Waals surface area contributed by atoms with Crippen LogP contribution >= 0.6 is 0 Å². The van der Waals surface area contributed by atoms with Crippen LogP contribution in [0.1, 0.15) is 0 Å². The third-order valence-electron chi connectivity index (χ3n) is 10.1. The van der Waals surface area contributed by atoms with Gasteiger partial charge in [-0.25, -0.2) is 4.98 Å². The monoisotopic (exact) mass is 625 g/mol. The molecule has 0 saturated heterocycles. The van der Waals surface area contributed by atoms with Crippen molar-refractivity contribution in [3.05, 3.63) is 164 Å². The topological polar surface area (TPSA) is 34.2 Å². The largest absolute Gasteiger partial charge is 0.456 e. The fraction of sp³-hybridized carbons (Fsp3) is 0. The minimum Gasteiger partial charge on any atom is -0.456 e. The second-order valence-corrected chi connectivity index (χ2v) is 12.7. The Morgan fingerprint density at radius 2 is 1.04 bits per heavy atom. The van der Waals surface area contributed by atoms with Gasteiger partial charge in [0, 0.05) is 27.1 Å². The van der Waals surface area contributed by atoms with Gasteiger partial charge in [0.15, 0.2) is 0 Å². The molecular formula is C45H27N3O. The summed E-state index contributed by atoms with van der Waals surface area (Å²) >= 11 is 0. The third kappa shape index (κ3) is 3.66. The van der Waals surface area contributed by atoms with Crippen molar-refractivity contribution in [2.45, 2.75) is 0 Å². The maximum atomic E-state index is 6.38. The van der Waals surface area contributed by atoms with Gasteiger partial charge in [0.25, 0.3) is 0 Å². The maximum Gasteiger partial charge on any atom is 0.145 e. The van der Waals surface area contributed by atoms with Crippen molar-refractivity contribution in [1.82, 2.24) is 9.55 Å². The molecule has 0 unspecified atom stereocenters. The lowest BCUT2D eigenvalue weighted by molar-refractivity contribution is 0.669. The van der Waals surface area contributed by atoms with Crippen LogP contribution in [-0.2, 0) is 0 Å². The molecule has 1 aliphatic heterocycles. The molecule has 11 rings (SSSR count). The molecule has 3 heterocycles. The number of rotatable bonds is 3. The second-order valence-electron chi connectivity index (χ2n) is 12.7. The highest BCUT2D eigenvalue weighted by molar-refractivity contribution is 6.24. The smallest absolute Gasteiger partial charge is 0.145 e. The van der Waals surface area contributed by atoms with E-state index in [4.69, 9.17) is 9.40 Å². The van der Waals surface area contributed by atoms with Gasteiger partial charge in [-0.3, -0.25) is 4.57 Å². The van der Waals surface area contributed by atoms with E-state index in [0.29, 0.717) is 0 Å². The van der Waals surface area contributed by atoms with Crippen molar-refractivity contribution in [3.8, 4) is 28.2 Å². The third-order valence-corrected chi connectivity index (χ3v) is 10.1. The van der Waals surface area contributed by atoms with Crippen molar-refractivity contribution >= 4 is 71.6 Å². The predicted octanol–water partition coefficient (Wildman–Crippen LogP) is 12.3. The highest BCUT2D eigenvalue weighted by Gasteiger charge is 2.31. The highest BCUT2D eigenvalue weighted by Crippen LogP contribution is 2.53. The summed E-state index contributed by atoms with van der Waals surface area (Å²) in [7, 11) is 0. The first-order valence-electron chi connectivity index (χ1n) is 16.6. The zero-order valence-electron chi connectivity index (χ0n) is 26.3. The standard InChI is InChI=1S/C45H27N3O/c1-2-13-28(14-3-1)45-46-36-20-12-23-39-44(36)48(45)38-22-10-9-21-37(38)47(39)43-34-18-6-4-16-32(34)42(33-17-5-7-19-35(33)43)29-25-26-31-30-15-8-11-24-40(30)49-41(31)27-29/h1-27H. The number of aromatic nitrogens is 2. The Bertz CT molecular complexity index is 2900. The molecule has 0 saturated carbocycles. The molecule has 0 spiro atoms. The lowest BCUT2D eigenvalue weighted by Gasteiger charge is -2.35. The Hall–Kier alpha value is -6.65. The Morgan fingerprint density at radius 3 is 1.82 bits per heavy atom. The predicted molar refractivity (Wildman–Crippen MR) is 202 cm³/mol. The fourth-order valence-corrected chi connectivity index (χ4v) is 8.06. The van der Waals surface area contributed by atoms with E-state index in [9.17, 15) is 0 Å². The number of hydrogen-bond acceptors (Lipinski definition) is 3. The van der Waals surface area contributed by atoms with Crippen LogP contribution < -0.4 is 4.90 Å². The van der Waals surface area contributed by atoms with Crippen molar-refractivity contribution < 1.29 is 4.42 Å². The summed E-state index contributed by atoms with van der Waals surface area (Å²) in [6, 6.07) is 58.3. The first-order chi connectivity index (χ1) is 24.3. The molecule has 0 bridgehead atoms. The van der Waals surface area contributed by atoms with Crippen LogP contribution in [0.3, 0.4) is 0 Å². The molecule has 0 fully saturated rings. The lowest BCUT2D eigenvalue weighted by atomic mass is 9.89. The van der Waals surface area contributed by atoms with Gasteiger partial charge in [0.2, 0.25) is 0 Å². The van der Waals surface area contributed by atoms with E-state index >= 15 is 0 Å². The fourth-order valence-electron chi connectivity index (χ4n) is 8.06. The molecule has 0 atom stereocenters. The Balaban J connectivity index is 1.24. The molecular weight excluding hydrogens is 599 g/mol. The first kappa shape index (κ1) is 26.4. The highest BCUT2D eigenvalue weighted by atomic mass is 16.3. The van der Waals surface area contributed by atoms with Gasteiger partial charge in [-0.15, -0.1) is 0 Å². The molecule has 0 N–H and O–H groups in total. The molecule has 10 aromatic rings. The number of para-hydroxylation sites is 4. The quantitative estimate of drug-likeness (QED) is 0.183. The zero-order valence-corrected chi connectivity index (χ0v) is 26.3. The Morgan fingerprint density at radius 1 is 0.429 bits per heavy atom. The molecule has 4 heteroatoms. The molecule has 0 amide bonds. The Labute approximate surface area is 281 Å². The summed E-state index contributed by atoms with van der Waals surface area (Å²) in [6.07, 6.45) is 0. The normalized spacial score (nSPS) is 12.4. The van der Waals surface area contributed by atoms with E-state index in [1.807, 2.05) is 12.1 Å². The number of imidazole rings is 1. The van der Waals surface area contributed by atoms with Crippen molar-refractivity contribution in [2.75, 3.05) is 4.90 Å². The average molecular weight is 626 g/mol. The molecule has 8 aromatic carbocycles. The van der Waals surface area contributed by atoms with Crippen LogP contribution in [0.2, 0.25) is 0 Å². The molecule has 228 valence electrons. The summed E-state index contributed by atoms with van der Waals surface area (Å²) < 4.78 is 8.72. The average Bonchev–Trinajstić information content (AvgIpc) is 3.74. The van der Waals surface area contributed by atoms with Gasteiger partial charge < -0.3 is 9.32 Å². The number of fused-ring (bicyclic) bond motifs is 7. The van der Waals surface area contributed by atoms with E-state index in [0.717, 1.165) is 72.7 Å². The molecule has 0 aliphatic carbocycles. The van der Waals surface area contributed by atoms with E-state index in [1.165, 1.54) is 27.1 Å². The van der Waals surface area contributed by atoms with Gasteiger partial charge in [0.05, 0.1) is 33.8 Å². The van der Waals surface area contributed by atoms with Gasteiger partial charge in [-0.1, -0.05) is 121 Å². The first-order valence-corrected chi connectivity index (χ1v) is 16.6. The maximum absolute atomic E-state index is 6.38. The van der Waals surface area contributed by atoms with E-state index in [1.54, 1.807) is 0 Å². The summed E-state index contributed by atoms with van der Waals surface area (Å²) in [6.45, 7) is 0. The Kier molecular flexibility index (Phi) is 5.35. The van der Waals surface area contributed by atoms with Gasteiger partial charge in [-0.05, 0) is 64.4 Å². The van der Waals surface area contributed by atoms with E-state index in [-0.39, 0.29) is 0 Å². The number of furan rings is 1. The van der Waals surface area contributed by atoms with Gasteiger partial charge in [0.1, 0.15) is 17.0 Å². The molecule has 1 aliphatic rings. The number of benzene rings is 8. The van der Waals surface area contributed by atoms with Crippen LogP contribution in [0.4, 0.5) is 17.1 Å². The van der Waals surface area contributed by atoms with Crippen LogP contribution in [0.5, 0.6) is 0 Å². The van der Waals surface area contributed by atoms with E-state index in [2.05, 4.69) is 161 Å². The summed E-state index contributed by atoms with van der Waals surface area (Å²) in [4.78, 5) is 7.69. The van der Waals surface area contributed by atoms with Crippen molar-refractivity contribution in [1.29, 1.82) is 0 Å². The summed E-state index contributed by atoms with van der Waals surface area (Å²) in [5.74, 6) is 0.946. The SMILES string of the molecule is c1ccc(-c2nc3cccc4c3n2-c2ccccc2N4c2c3ccccc3c(-c3ccc4c(c3)oc3ccccc34)c3ccccc23)cc1. The van der Waals surface area contributed by atoms with Gasteiger partial charge >= 0.3 is 0 Å². The van der Waals surface area contributed by atoms with Crippen molar-refractivity contribution in [3.63, 3.8) is 0 Å². The second kappa shape index (κ2) is 9.93.